The first-order valence-corrected chi connectivity index (χ1v) is 6.51. The van der Waals surface area contributed by atoms with Crippen molar-refractivity contribution in [2.75, 3.05) is 6.54 Å². The second-order valence-electron chi connectivity index (χ2n) is 5.06. The molecular weight excluding hydrogens is 321 g/mol. The molecule has 0 radical (unpaired) electrons. The molecule has 0 fully saturated rings. The number of carboxylic acids is 1. The van der Waals surface area contributed by atoms with Crippen molar-refractivity contribution in [1.82, 2.24) is 9.88 Å². The molecule has 0 bridgehead atoms. The fourth-order valence-electron chi connectivity index (χ4n) is 2.87. The van der Waals surface area contributed by atoms with Gasteiger partial charge in [-0.15, -0.1) is 12.4 Å². The number of nitrogens with one attached hydrogen (secondary N) is 1. The Morgan fingerprint density at radius 3 is 2.73 bits per heavy atom. The third-order valence-corrected chi connectivity index (χ3v) is 3.75. The Morgan fingerprint density at radius 2 is 2.09 bits per heavy atom. The van der Waals surface area contributed by atoms with Gasteiger partial charge in [0.15, 0.2) is 0 Å². The largest absolute Gasteiger partial charge is 0.480 e. The molecule has 0 atom stereocenters. The van der Waals surface area contributed by atoms with Crippen molar-refractivity contribution in [3.05, 3.63) is 35.0 Å². The molecule has 1 aliphatic rings. The molecule has 2 aromatic rings. The molecule has 22 heavy (non-hydrogen) atoms. The van der Waals surface area contributed by atoms with Crippen LogP contribution in [0.5, 0.6) is 0 Å². The number of alkyl halides is 3. The van der Waals surface area contributed by atoms with Gasteiger partial charge in [-0.3, -0.25) is 4.79 Å². The van der Waals surface area contributed by atoms with Crippen LogP contribution in [0.4, 0.5) is 13.2 Å². The zero-order valence-corrected chi connectivity index (χ0v) is 12.2. The van der Waals surface area contributed by atoms with Crippen LogP contribution < -0.4 is 5.32 Å². The predicted molar refractivity (Wildman–Crippen MR) is 77.2 cm³/mol. The van der Waals surface area contributed by atoms with Crippen LogP contribution in [-0.4, -0.2) is 22.2 Å². The Balaban J connectivity index is 0.00000176. The topological polar surface area (TPSA) is 54.3 Å². The third-order valence-electron chi connectivity index (χ3n) is 3.75. The number of rotatable bonds is 2. The summed E-state index contributed by atoms with van der Waals surface area (Å²) in [5, 5.41) is 12.6. The molecule has 0 saturated carbocycles. The summed E-state index contributed by atoms with van der Waals surface area (Å²) >= 11 is 0. The molecule has 2 N–H and O–H groups in total. The molecule has 0 amide bonds. The highest BCUT2D eigenvalue weighted by molar-refractivity contribution is 5.88. The van der Waals surface area contributed by atoms with E-state index in [-0.39, 0.29) is 19.0 Å². The monoisotopic (exact) mass is 334 g/mol. The molecule has 1 aromatic heterocycles. The van der Waals surface area contributed by atoms with Crippen LogP contribution in [0.3, 0.4) is 0 Å². The number of halogens is 4. The maximum absolute atomic E-state index is 12.8. The molecule has 4 nitrogen and oxygen atoms in total. The standard InChI is InChI=1S/C14H13F3N2O2.ClH/c15-14(16,17)8-1-2-11-9(5-8)10-6-18-4-3-12(10)19(11)7-13(20)21;/h1-2,5,18H,3-4,6-7H2,(H,20,21);1H. The summed E-state index contributed by atoms with van der Waals surface area (Å²) in [6, 6.07) is 3.47. The van der Waals surface area contributed by atoms with Gasteiger partial charge >= 0.3 is 12.1 Å². The highest BCUT2D eigenvalue weighted by Crippen LogP contribution is 2.35. The van der Waals surface area contributed by atoms with Crippen LogP contribution in [0, 0.1) is 0 Å². The third kappa shape index (κ3) is 2.78. The molecule has 0 spiro atoms. The number of benzene rings is 1. The van der Waals surface area contributed by atoms with Crippen LogP contribution in [0.2, 0.25) is 0 Å². The highest BCUT2D eigenvalue weighted by Gasteiger charge is 2.32. The Kier molecular flexibility index (Phi) is 4.39. The average molecular weight is 335 g/mol. The lowest BCUT2D eigenvalue weighted by molar-refractivity contribution is -0.138. The van der Waals surface area contributed by atoms with Gasteiger partial charge in [0.1, 0.15) is 6.54 Å². The summed E-state index contributed by atoms with van der Waals surface area (Å²) in [6.07, 6.45) is -3.79. The van der Waals surface area contributed by atoms with Gasteiger partial charge < -0.3 is 15.0 Å². The molecule has 0 aliphatic carbocycles. The Hall–Kier alpha value is -1.73. The quantitative estimate of drug-likeness (QED) is 0.888. The number of aliphatic carboxylic acids is 1. The summed E-state index contributed by atoms with van der Waals surface area (Å²) in [7, 11) is 0. The molecule has 0 unspecified atom stereocenters. The number of aromatic nitrogens is 1. The van der Waals surface area contributed by atoms with Crippen LogP contribution >= 0.6 is 12.4 Å². The number of hydrogen-bond donors (Lipinski definition) is 2. The van der Waals surface area contributed by atoms with Crippen molar-refractivity contribution in [2.24, 2.45) is 0 Å². The minimum atomic E-state index is -4.40. The SMILES string of the molecule is Cl.O=C(O)Cn1c2c(c3cc(C(F)(F)F)ccc31)CNCC2. The summed E-state index contributed by atoms with van der Waals surface area (Å²) in [4.78, 5) is 11.0. The highest BCUT2D eigenvalue weighted by atomic mass is 35.5. The van der Waals surface area contributed by atoms with Gasteiger partial charge in [0.2, 0.25) is 0 Å². The molecule has 2 heterocycles. The van der Waals surface area contributed by atoms with E-state index in [1.54, 1.807) is 4.57 Å². The summed E-state index contributed by atoms with van der Waals surface area (Å²) < 4.78 is 40.1. The van der Waals surface area contributed by atoms with E-state index in [2.05, 4.69) is 5.32 Å². The van der Waals surface area contributed by atoms with E-state index in [9.17, 15) is 18.0 Å². The van der Waals surface area contributed by atoms with Crippen LogP contribution in [0.1, 0.15) is 16.8 Å². The minimum absolute atomic E-state index is 0. The number of hydrogen-bond acceptors (Lipinski definition) is 2. The summed E-state index contributed by atoms with van der Waals surface area (Å²) in [5.74, 6) is -1.01. The van der Waals surface area contributed by atoms with E-state index in [1.165, 1.54) is 6.07 Å². The maximum Gasteiger partial charge on any atom is 0.416 e. The minimum Gasteiger partial charge on any atom is -0.480 e. The molecular formula is C14H14ClF3N2O2. The number of fused-ring (bicyclic) bond motifs is 3. The van der Waals surface area contributed by atoms with Gasteiger partial charge in [-0.05, 0) is 23.8 Å². The molecule has 1 aliphatic heterocycles. The first kappa shape index (κ1) is 16.6. The van der Waals surface area contributed by atoms with Gasteiger partial charge in [0, 0.05) is 36.1 Å². The number of carboxylic acid groups (broad SMARTS) is 1. The lowest BCUT2D eigenvalue weighted by Crippen LogP contribution is -2.25. The van der Waals surface area contributed by atoms with Gasteiger partial charge in [0.05, 0.1) is 5.56 Å². The number of carbonyl (C=O) groups is 1. The van der Waals surface area contributed by atoms with Gasteiger partial charge in [-0.25, -0.2) is 0 Å². The molecule has 0 saturated heterocycles. The van der Waals surface area contributed by atoms with E-state index in [0.717, 1.165) is 23.4 Å². The van der Waals surface area contributed by atoms with Crippen molar-refractivity contribution < 1.29 is 23.1 Å². The number of nitrogens with zero attached hydrogens (tertiary/aromatic N) is 1. The van der Waals surface area contributed by atoms with Crippen LogP contribution in [0.15, 0.2) is 18.2 Å². The van der Waals surface area contributed by atoms with Crippen molar-refractivity contribution in [3.63, 3.8) is 0 Å². The van der Waals surface area contributed by atoms with Gasteiger partial charge in [0.25, 0.3) is 0 Å². The summed E-state index contributed by atoms with van der Waals surface area (Å²) in [6.45, 7) is 0.909. The van der Waals surface area contributed by atoms with Crippen molar-refractivity contribution >= 4 is 29.3 Å². The van der Waals surface area contributed by atoms with E-state index < -0.39 is 17.7 Å². The second-order valence-corrected chi connectivity index (χ2v) is 5.06. The Labute approximate surface area is 130 Å². The first-order chi connectivity index (χ1) is 9.88. The zero-order valence-electron chi connectivity index (χ0n) is 11.4. The lowest BCUT2D eigenvalue weighted by Gasteiger charge is -2.16. The van der Waals surface area contributed by atoms with E-state index >= 15 is 0 Å². The summed E-state index contributed by atoms with van der Waals surface area (Å²) in [5.41, 5.74) is 1.41. The van der Waals surface area contributed by atoms with E-state index in [4.69, 9.17) is 5.11 Å². The molecule has 1 aromatic carbocycles. The Morgan fingerprint density at radius 1 is 1.36 bits per heavy atom. The zero-order chi connectivity index (χ0) is 15.2. The van der Waals surface area contributed by atoms with E-state index in [0.29, 0.717) is 30.4 Å². The smallest absolute Gasteiger partial charge is 0.416 e. The first-order valence-electron chi connectivity index (χ1n) is 6.51. The van der Waals surface area contributed by atoms with Crippen molar-refractivity contribution in [2.45, 2.75) is 25.7 Å². The van der Waals surface area contributed by atoms with E-state index in [1.807, 2.05) is 0 Å². The second kappa shape index (κ2) is 5.81. The lowest BCUT2D eigenvalue weighted by atomic mass is 10.0. The predicted octanol–water partition coefficient (Wildman–Crippen LogP) is 2.81. The normalized spacial score (nSPS) is 14.5. The molecule has 8 heteroatoms. The fourth-order valence-corrected chi connectivity index (χ4v) is 2.87. The van der Waals surface area contributed by atoms with Crippen molar-refractivity contribution in [3.8, 4) is 0 Å². The Bertz CT molecular complexity index is 725. The average Bonchev–Trinajstić information content (AvgIpc) is 2.72. The fraction of sp³-hybridized carbons (Fsp3) is 0.357. The van der Waals surface area contributed by atoms with Gasteiger partial charge in [-0.2, -0.15) is 13.2 Å². The van der Waals surface area contributed by atoms with Crippen LogP contribution in [-0.2, 0) is 30.5 Å². The molecule has 120 valence electrons. The van der Waals surface area contributed by atoms with Crippen molar-refractivity contribution in [1.29, 1.82) is 0 Å². The van der Waals surface area contributed by atoms with Crippen LogP contribution in [0.25, 0.3) is 10.9 Å². The van der Waals surface area contributed by atoms with Gasteiger partial charge in [-0.1, -0.05) is 0 Å². The maximum atomic E-state index is 12.8. The molecule has 3 rings (SSSR count).